The number of carbonyl (C=O) groups excluding carboxylic acids is 1. The van der Waals surface area contributed by atoms with Crippen molar-refractivity contribution in [1.29, 1.82) is 0 Å². The molecule has 0 bridgehead atoms. The largest absolute Gasteiger partial charge is 0.379 e. The van der Waals surface area contributed by atoms with Crippen molar-refractivity contribution in [3.63, 3.8) is 0 Å². The van der Waals surface area contributed by atoms with Crippen molar-refractivity contribution in [1.82, 2.24) is 34.7 Å². The number of aryl methyl sites for hydroxylation is 1. The van der Waals surface area contributed by atoms with Crippen LogP contribution in [0, 0.1) is 6.92 Å². The smallest absolute Gasteiger partial charge is 0.253 e. The maximum atomic E-state index is 13.4. The summed E-state index contributed by atoms with van der Waals surface area (Å²) in [5.41, 5.74) is 3.24. The first-order valence-corrected chi connectivity index (χ1v) is 11.0. The summed E-state index contributed by atoms with van der Waals surface area (Å²) >= 11 is 0. The van der Waals surface area contributed by atoms with Gasteiger partial charge in [0.25, 0.3) is 5.91 Å². The van der Waals surface area contributed by atoms with Crippen molar-refractivity contribution in [2.45, 2.75) is 13.0 Å². The maximum absolute atomic E-state index is 13.4. The molecule has 1 aliphatic rings. The zero-order valence-electron chi connectivity index (χ0n) is 18.4. The highest BCUT2D eigenvalue weighted by molar-refractivity contribution is 6.07. The minimum Gasteiger partial charge on any atom is -0.379 e. The normalized spacial score (nSPS) is 15.4. The number of hydrogen-bond acceptors (Lipinski definition) is 7. The van der Waals surface area contributed by atoms with Gasteiger partial charge in [0.05, 0.1) is 24.8 Å². The summed E-state index contributed by atoms with van der Waals surface area (Å²) in [6.07, 6.45) is 10.5. The van der Waals surface area contributed by atoms with Gasteiger partial charge in [-0.05, 0) is 36.2 Å². The van der Waals surface area contributed by atoms with Crippen LogP contribution in [0.15, 0.2) is 61.4 Å². The number of carbonyl (C=O) groups is 1. The predicted octanol–water partition coefficient (Wildman–Crippen LogP) is 2.32. The van der Waals surface area contributed by atoms with Gasteiger partial charge in [0.1, 0.15) is 5.65 Å². The van der Waals surface area contributed by atoms with E-state index in [1.165, 1.54) is 0 Å². The number of fused-ring (bicyclic) bond motifs is 1. The lowest BCUT2D eigenvalue weighted by Crippen LogP contribution is -2.43. The second-order valence-electron chi connectivity index (χ2n) is 7.95. The Labute approximate surface area is 191 Å². The Kier molecular flexibility index (Phi) is 6.05. The molecular formula is C24H25N7O2. The molecule has 5 heterocycles. The van der Waals surface area contributed by atoms with E-state index in [4.69, 9.17) is 4.74 Å². The summed E-state index contributed by atoms with van der Waals surface area (Å²) in [6, 6.07) is 7.64. The second-order valence-corrected chi connectivity index (χ2v) is 7.95. The van der Waals surface area contributed by atoms with Crippen molar-refractivity contribution in [2.75, 3.05) is 32.8 Å². The SMILES string of the molecule is Cc1ccnc2c1c(C(=O)NCC(c1cccnc1)N1CCOCC1)cn2-c1ncccn1. The fourth-order valence-electron chi connectivity index (χ4n) is 4.26. The fourth-order valence-corrected chi connectivity index (χ4v) is 4.26. The third kappa shape index (κ3) is 4.33. The first-order valence-electron chi connectivity index (χ1n) is 11.0. The molecule has 9 nitrogen and oxygen atoms in total. The average molecular weight is 444 g/mol. The summed E-state index contributed by atoms with van der Waals surface area (Å²) in [4.78, 5) is 33.2. The highest BCUT2D eigenvalue weighted by Crippen LogP contribution is 2.26. The van der Waals surface area contributed by atoms with Gasteiger partial charge in [-0.15, -0.1) is 0 Å². The molecule has 168 valence electrons. The monoisotopic (exact) mass is 443 g/mol. The topological polar surface area (TPSA) is 98.1 Å². The lowest BCUT2D eigenvalue weighted by molar-refractivity contribution is 0.0161. The Morgan fingerprint density at radius 1 is 1.09 bits per heavy atom. The lowest BCUT2D eigenvalue weighted by atomic mass is 10.1. The summed E-state index contributed by atoms with van der Waals surface area (Å²) in [5, 5.41) is 3.95. The number of nitrogens with zero attached hydrogens (tertiary/aromatic N) is 6. The van der Waals surface area contributed by atoms with Gasteiger partial charge in [0.15, 0.2) is 0 Å². The van der Waals surface area contributed by atoms with E-state index in [1.54, 1.807) is 41.6 Å². The Hall–Kier alpha value is -3.69. The molecule has 1 unspecified atom stereocenters. The van der Waals surface area contributed by atoms with E-state index in [2.05, 4.69) is 30.2 Å². The molecule has 0 spiro atoms. The molecule has 9 heteroatoms. The third-order valence-corrected chi connectivity index (χ3v) is 5.92. The van der Waals surface area contributed by atoms with Crippen LogP contribution in [-0.4, -0.2) is 68.2 Å². The van der Waals surface area contributed by atoms with Gasteiger partial charge in [-0.25, -0.2) is 15.0 Å². The summed E-state index contributed by atoms with van der Waals surface area (Å²) in [7, 11) is 0. The Balaban J connectivity index is 1.45. The van der Waals surface area contributed by atoms with Gasteiger partial charge < -0.3 is 10.1 Å². The van der Waals surface area contributed by atoms with Crippen LogP contribution < -0.4 is 5.32 Å². The summed E-state index contributed by atoms with van der Waals surface area (Å²) < 4.78 is 7.28. The highest BCUT2D eigenvalue weighted by Gasteiger charge is 2.25. The number of nitrogens with one attached hydrogen (secondary N) is 1. The number of amides is 1. The standard InChI is InChI=1S/C24H25N7O2/c1-17-5-9-26-22-21(17)19(16-31(22)24-27-7-3-8-28-24)23(32)29-15-20(18-4-2-6-25-14-18)30-10-12-33-13-11-30/h2-9,14,16,20H,10-13,15H2,1H3,(H,29,32). The van der Waals surface area contributed by atoms with Crippen LogP contribution >= 0.6 is 0 Å². The molecule has 1 atom stereocenters. The van der Waals surface area contributed by atoms with Crippen molar-refractivity contribution >= 4 is 16.9 Å². The molecule has 0 radical (unpaired) electrons. The van der Waals surface area contributed by atoms with Gasteiger partial charge >= 0.3 is 0 Å². The number of hydrogen-bond donors (Lipinski definition) is 1. The van der Waals surface area contributed by atoms with Gasteiger partial charge in [-0.2, -0.15) is 0 Å². The lowest BCUT2D eigenvalue weighted by Gasteiger charge is -2.34. The highest BCUT2D eigenvalue weighted by atomic mass is 16.5. The van der Waals surface area contributed by atoms with Crippen molar-refractivity contribution in [3.05, 3.63) is 78.1 Å². The molecule has 1 fully saturated rings. The molecule has 0 aromatic carbocycles. The maximum Gasteiger partial charge on any atom is 0.253 e. The number of morpholine rings is 1. The second kappa shape index (κ2) is 9.43. The first kappa shape index (κ1) is 21.2. The Morgan fingerprint density at radius 2 is 1.91 bits per heavy atom. The van der Waals surface area contributed by atoms with Crippen molar-refractivity contribution < 1.29 is 9.53 Å². The summed E-state index contributed by atoms with van der Waals surface area (Å²) in [5.74, 6) is 0.314. The fraction of sp³-hybridized carbons (Fsp3) is 0.292. The zero-order chi connectivity index (χ0) is 22.6. The molecular weight excluding hydrogens is 418 g/mol. The van der Waals surface area contributed by atoms with Gasteiger partial charge in [0.2, 0.25) is 5.95 Å². The molecule has 5 rings (SSSR count). The van der Waals surface area contributed by atoms with Crippen LogP contribution in [0.4, 0.5) is 0 Å². The molecule has 1 amide bonds. The molecule has 1 N–H and O–H groups in total. The van der Waals surface area contributed by atoms with Gasteiger partial charge in [-0.1, -0.05) is 6.07 Å². The molecule has 0 aliphatic carbocycles. The van der Waals surface area contributed by atoms with Gasteiger partial charge in [0, 0.05) is 62.2 Å². The van der Waals surface area contributed by atoms with E-state index in [0.29, 0.717) is 36.9 Å². The molecule has 33 heavy (non-hydrogen) atoms. The average Bonchev–Trinajstić information content (AvgIpc) is 3.27. The Morgan fingerprint density at radius 3 is 2.67 bits per heavy atom. The van der Waals surface area contributed by atoms with E-state index in [-0.39, 0.29) is 11.9 Å². The van der Waals surface area contributed by atoms with Crippen LogP contribution in [0.1, 0.15) is 27.5 Å². The zero-order valence-corrected chi connectivity index (χ0v) is 18.4. The van der Waals surface area contributed by atoms with Gasteiger partial charge in [-0.3, -0.25) is 19.2 Å². The van der Waals surface area contributed by atoms with E-state index in [1.807, 2.05) is 31.3 Å². The number of pyridine rings is 2. The number of ether oxygens (including phenoxy) is 1. The minimum atomic E-state index is -0.159. The molecule has 1 aliphatic heterocycles. The van der Waals surface area contributed by atoms with Crippen molar-refractivity contribution in [3.8, 4) is 5.95 Å². The van der Waals surface area contributed by atoms with E-state index < -0.39 is 0 Å². The van der Waals surface area contributed by atoms with Crippen LogP contribution in [0.2, 0.25) is 0 Å². The van der Waals surface area contributed by atoms with Crippen LogP contribution in [-0.2, 0) is 4.74 Å². The van der Waals surface area contributed by atoms with Crippen LogP contribution in [0.5, 0.6) is 0 Å². The van der Waals surface area contributed by atoms with E-state index in [9.17, 15) is 4.79 Å². The summed E-state index contributed by atoms with van der Waals surface area (Å²) in [6.45, 7) is 5.41. The molecule has 1 saturated heterocycles. The molecule has 4 aromatic heterocycles. The Bertz CT molecular complexity index is 1240. The third-order valence-electron chi connectivity index (χ3n) is 5.92. The minimum absolute atomic E-state index is 0.0107. The van der Waals surface area contributed by atoms with E-state index in [0.717, 1.165) is 29.6 Å². The molecule has 0 saturated carbocycles. The first-order chi connectivity index (χ1) is 16.2. The van der Waals surface area contributed by atoms with Crippen LogP contribution in [0.3, 0.4) is 0 Å². The van der Waals surface area contributed by atoms with Crippen molar-refractivity contribution in [2.24, 2.45) is 0 Å². The quantitative estimate of drug-likeness (QED) is 0.488. The number of rotatable bonds is 6. The predicted molar refractivity (Wildman–Crippen MR) is 123 cm³/mol. The number of aromatic nitrogens is 5. The van der Waals surface area contributed by atoms with E-state index >= 15 is 0 Å². The van der Waals surface area contributed by atoms with Crippen LogP contribution in [0.25, 0.3) is 17.0 Å². The molecule has 4 aromatic rings.